The van der Waals surface area contributed by atoms with Gasteiger partial charge in [-0.05, 0) is 55.5 Å². The van der Waals surface area contributed by atoms with Crippen molar-refractivity contribution in [2.24, 2.45) is 5.73 Å². The van der Waals surface area contributed by atoms with Gasteiger partial charge >= 0.3 is 0 Å². The highest BCUT2D eigenvalue weighted by Crippen LogP contribution is 2.39. The van der Waals surface area contributed by atoms with Gasteiger partial charge in [0, 0.05) is 36.1 Å². The monoisotopic (exact) mass is 436 g/mol. The zero-order chi connectivity index (χ0) is 20.1. The first-order chi connectivity index (χ1) is 13.4. The number of anilines is 1. The normalized spacial score (nSPS) is 21.0. The van der Waals surface area contributed by atoms with E-state index in [2.05, 4.69) is 21.7 Å². The van der Waals surface area contributed by atoms with Gasteiger partial charge in [0.15, 0.2) is 0 Å². The second-order valence-electron chi connectivity index (χ2n) is 7.36. The standard InChI is InChI=1S/C21H25ClN4O2.ClH/c1-14(27)25-19-6-5-15(12-24-19)20(28)26-18-7-9-21(13-23,10-8-18)16-3-2-4-17(22)11-16;/h2-6,11-12,18H,7-10,13,23H2,1H3,(H,26,28)(H,24,25,27);1H. The molecule has 1 aromatic carbocycles. The molecule has 29 heavy (non-hydrogen) atoms. The van der Waals surface area contributed by atoms with Crippen LogP contribution in [-0.2, 0) is 10.2 Å². The second-order valence-corrected chi connectivity index (χ2v) is 7.79. The molecular weight excluding hydrogens is 411 g/mol. The number of nitrogens with zero attached hydrogens (tertiary/aromatic N) is 1. The van der Waals surface area contributed by atoms with Crippen LogP contribution in [0.4, 0.5) is 5.82 Å². The SMILES string of the molecule is CC(=O)Nc1ccc(C(=O)NC2CCC(CN)(c3cccc(Cl)c3)CC2)cn1.Cl. The van der Waals surface area contributed by atoms with Crippen LogP contribution in [0.3, 0.4) is 0 Å². The summed E-state index contributed by atoms with van der Waals surface area (Å²) in [6.07, 6.45) is 4.97. The van der Waals surface area contributed by atoms with Crippen LogP contribution in [0.15, 0.2) is 42.6 Å². The largest absolute Gasteiger partial charge is 0.349 e. The zero-order valence-corrected chi connectivity index (χ0v) is 17.9. The van der Waals surface area contributed by atoms with Gasteiger partial charge in [-0.25, -0.2) is 4.98 Å². The van der Waals surface area contributed by atoms with Crippen LogP contribution in [0.2, 0.25) is 5.02 Å². The van der Waals surface area contributed by atoms with Crippen molar-refractivity contribution in [3.8, 4) is 0 Å². The summed E-state index contributed by atoms with van der Waals surface area (Å²) in [5.41, 5.74) is 7.69. The Morgan fingerprint density at radius 3 is 2.52 bits per heavy atom. The summed E-state index contributed by atoms with van der Waals surface area (Å²) in [5, 5.41) is 6.39. The maximum absolute atomic E-state index is 12.5. The van der Waals surface area contributed by atoms with E-state index in [4.69, 9.17) is 17.3 Å². The van der Waals surface area contributed by atoms with Gasteiger partial charge in [0.25, 0.3) is 5.91 Å². The highest BCUT2D eigenvalue weighted by atomic mass is 35.5. The molecule has 0 aliphatic heterocycles. The third kappa shape index (κ3) is 5.69. The molecule has 1 aliphatic carbocycles. The van der Waals surface area contributed by atoms with Crippen molar-refractivity contribution in [1.29, 1.82) is 0 Å². The van der Waals surface area contributed by atoms with Crippen LogP contribution in [0.5, 0.6) is 0 Å². The van der Waals surface area contributed by atoms with Crippen LogP contribution >= 0.6 is 24.0 Å². The maximum atomic E-state index is 12.5. The van der Waals surface area contributed by atoms with Crippen molar-refractivity contribution in [2.75, 3.05) is 11.9 Å². The van der Waals surface area contributed by atoms with Crippen LogP contribution in [-0.4, -0.2) is 29.4 Å². The number of carbonyl (C=O) groups is 2. The first-order valence-corrected chi connectivity index (χ1v) is 9.80. The van der Waals surface area contributed by atoms with Crippen LogP contribution in [0, 0.1) is 0 Å². The highest BCUT2D eigenvalue weighted by molar-refractivity contribution is 6.30. The predicted octanol–water partition coefficient (Wildman–Crippen LogP) is 3.68. The van der Waals surface area contributed by atoms with Crippen molar-refractivity contribution >= 4 is 41.6 Å². The van der Waals surface area contributed by atoms with Crippen LogP contribution < -0.4 is 16.4 Å². The smallest absolute Gasteiger partial charge is 0.253 e. The molecule has 1 aromatic heterocycles. The Labute approximate surface area is 182 Å². The number of nitrogens with two attached hydrogens (primary N) is 1. The number of halogens is 2. The molecule has 1 fully saturated rings. The number of carbonyl (C=O) groups excluding carboxylic acids is 2. The summed E-state index contributed by atoms with van der Waals surface area (Å²) in [6, 6.07) is 11.3. The van der Waals surface area contributed by atoms with E-state index in [1.807, 2.05) is 18.2 Å². The van der Waals surface area contributed by atoms with E-state index in [-0.39, 0.29) is 35.7 Å². The van der Waals surface area contributed by atoms with Gasteiger partial charge in [0.05, 0.1) is 5.56 Å². The van der Waals surface area contributed by atoms with Gasteiger partial charge in [0.1, 0.15) is 5.82 Å². The Kier molecular flexibility index (Phi) is 8.02. The van der Waals surface area contributed by atoms with Gasteiger partial charge in [-0.15, -0.1) is 12.4 Å². The Morgan fingerprint density at radius 1 is 1.24 bits per heavy atom. The fourth-order valence-corrected chi connectivity index (χ4v) is 3.99. The van der Waals surface area contributed by atoms with Crippen LogP contribution in [0.1, 0.15) is 48.5 Å². The molecular formula is C21H26Cl2N4O2. The molecule has 0 radical (unpaired) electrons. The molecule has 0 bridgehead atoms. The molecule has 4 N–H and O–H groups in total. The lowest BCUT2D eigenvalue weighted by molar-refractivity contribution is -0.114. The lowest BCUT2D eigenvalue weighted by Crippen LogP contribution is -2.45. The maximum Gasteiger partial charge on any atom is 0.253 e. The molecule has 0 saturated heterocycles. The number of hydrogen-bond acceptors (Lipinski definition) is 4. The third-order valence-corrected chi connectivity index (χ3v) is 5.67. The summed E-state index contributed by atoms with van der Waals surface area (Å²) < 4.78 is 0. The number of nitrogens with one attached hydrogen (secondary N) is 2. The number of rotatable bonds is 5. The Bertz CT molecular complexity index is 850. The molecule has 3 rings (SSSR count). The van der Waals surface area contributed by atoms with Gasteiger partial charge in [-0.1, -0.05) is 23.7 Å². The fraction of sp³-hybridized carbons (Fsp3) is 0.381. The van der Waals surface area contributed by atoms with Crippen LogP contribution in [0.25, 0.3) is 0 Å². The van der Waals surface area contributed by atoms with Crippen molar-refractivity contribution < 1.29 is 9.59 Å². The minimum absolute atomic E-state index is 0. The van der Waals surface area contributed by atoms with E-state index in [1.54, 1.807) is 12.1 Å². The average Bonchev–Trinajstić information content (AvgIpc) is 2.69. The quantitative estimate of drug-likeness (QED) is 0.665. The summed E-state index contributed by atoms with van der Waals surface area (Å²) in [7, 11) is 0. The minimum Gasteiger partial charge on any atom is -0.349 e. The van der Waals surface area contributed by atoms with E-state index in [0.717, 1.165) is 30.7 Å². The minimum atomic E-state index is -0.199. The lowest BCUT2D eigenvalue weighted by Gasteiger charge is -2.40. The molecule has 0 atom stereocenters. The molecule has 156 valence electrons. The van der Waals surface area contributed by atoms with Crippen molar-refractivity contribution in [2.45, 2.75) is 44.1 Å². The number of hydrogen-bond donors (Lipinski definition) is 3. The summed E-state index contributed by atoms with van der Waals surface area (Å²) in [4.78, 5) is 27.7. The first-order valence-electron chi connectivity index (χ1n) is 9.42. The van der Waals surface area contributed by atoms with Gasteiger partial charge in [-0.3, -0.25) is 9.59 Å². The van der Waals surface area contributed by atoms with Crippen molar-refractivity contribution in [1.82, 2.24) is 10.3 Å². The first kappa shape index (κ1) is 23.1. The number of amides is 2. The van der Waals surface area contributed by atoms with Crippen molar-refractivity contribution in [3.05, 3.63) is 58.7 Å². The van der Waals surface area contributed by atoms with E-state index in [1.165, 1.54) is 18.7 Å². The fourth-order valence-electron chi connectivity index (χ4n) is 3.79. The number of aromatic nitrogens is 1. The number of pyridine rings is 1. The van der Waals surface area contributed by atoms with Gasteiger partial charge in [0.2, 0.25) is 5.91 Å². The average molecular weight is 437 g/mol. The highest BCUT2D eigenvalue weighted by Gasteiger charge is 2.36. The summed E-state index contributed by atoms with van der Waals surface area (Å²) >= 11 is 6.16. The summed E-state index contributed by atoms with van der Waals surface area (Å²) in [6.45, 7) is 1.97. The predicted molar refractivity (Wildman–Crippen MR) is 118 cm³/mol. The molecule has 2 aromatic rings. The van der Waals surface area contributed by atoms with E-state index in [0.29, 0.717) is 17.9 Å². The molecule has 1 heterocycles. The molecule has 2 amide bonds. The third-order valence-electron chi connectivity index (χ3n) is 5.44. The number of benzene rings is 1. The van der Waals surface area contributed by atoms with E-state index in [9.17, 15) is 9.59 Å². The Balaban J connectivity index is 0.00000300. The lowest BCUT2D eigenvalue weighted by atomic mass is 9.68. The van der Waals surface area contributed by atoms with E-state index < -0.39 is 0 Å². The molecule has 8 heteroatoms. The Morgan fingerprint density at radius 2 is 1.97 bits per heavy atom. The molecule has 0 unspecified atom stereocenters. The van der Waals surface area contributed by atoms with E-state index >= 15 is 0 Å². The van der Waals surface area contributed by atoms with Crippen molar-refractivity contribution in [3.63, 3.8) is 0 Å². The molecule has 0 spiro atoms. The second kappa shape index (κ2) is 10.1. The molecule has 1 aliphatic rings. The summed E-state index contributed by atoms with van der Waals surface area (Å²) in [5.74, 6) is 0.0702. The molecule has 6 nitrogen and oxygen atoms in total. The molecule has 1 saturated carbocycles. The Hall–Kier alpha value is -2.15. The van der Waals surface area contributed by atoms with Gasteiger partial charge < -0.3 is 16.4 Å². The topological polar surface area (TPSA) is 97.1 Å². The van der Waals surface area contributed by atoms with Gasteiger partial charge in [-0.2, -0.15) is 0 Å². The zero-order valence-electron chi connectivity index (χ0n) is 16.3.